The molecule has 1 N–H and O–H groups in total. The lowest BCUT2D eigenvalue weighted by molar-refractivity contribution is 0.0903. The zero-order valence-corrected chi connectivity index (χ0v) is 42.9. The van der Waals surface area contributed by atoms with E-state index in [-0.39, 0.29) is 44.5 Å². The molecule has 0 aromatic heterocycles. The van der Waals surface area contributed by atoms with E-state index in [0.29, 0.717) is 45.2 Å². The highest BCUT2D eigenvalue weighted by Crippen LogP contribution is 2.40. The van der Waals surface area contributed by atoms with Crippen LogP contribution in [0.3, 0.4) is 0 Å². The molecule has 9 rings (SSSR count). The van der Waals surface area contributed by atoms with Gasteiger partial charge in [0.25, 0.3) is 0 Å². The third-order valence-corrected chi connectivity index (χ3v) is 15.4. The molecule has 1 saturated heterocycles. The van der Waals surface area contributed by atoms with Crippen molar-refractivity contribution in [3.63, 3.8) is 0 Å². The summed E-state index contributed by atoms with van der Waals surface area (Å²) < 4.78 is 35.4. The summed E-state index contributed by atoms with van der Waals surface area (Å²) in [5, 5.41) is 5.36. The second kappa shape index (κ2) is 22.0. The van der Waals surface area contributed by atoms with Crippen molar-refractivity contribution in [1.82, 2.24) is 29.2 Å². The molecule has 4 aromatic rings. The minimum absolute atomic E-state index is 0.0303. The molecule has 1 fully saturated rings. The van der Waals surface area contributed by atoms with Gasteiger partial charge in [0, 0.05) is 53.8 Å². The van der Waals surface area contributed by atoms with Crippen LogP contribution in [0.25, 0.3) is 11.1 Å². The van der Waals surface area contributed by atoms with Gasteiger partial charge >= 0.3 is 24.2 Å². The van der Waals surface area contributed by atoms with Crippen LogP contribution in [-0.2, 0) is 45.6 Å². The number of carbonyl (C=O) groups excluding carboxylic acids is 4. The maximum atomic E-state index is 13.0. The number of hydrogen-bond donors (Lipinski definition) is 1. The van der Waals surface area contributed by atoms with Crippen molar-refractivity contribution in [2.45, 2.75) is 63.8 Å². The standard InChI is InChI=1S/C28H30Cl2N4O6S.C23H24Cl2N2O2/c1-31(28(37)40-17-18-13-22(29)16-23(30)14-18)25-6-5-20-3-4-21(15-24(20)25)19-7-9-32(10-8-19)26(35)33-11-12-34(27(33)36)41(2,38)39;1-27(23(28)29-14-15-10-19(24)13-20(25)11-15)22-5-4-17-2-3-18(12-21(17)22)16-6-8-26-9-7-16/h3-4,7,13-16,25H,5-6,8-12,17H2,1-2H3;2-3,6,10-13,22,26H,4-5,7-9,14H2,1H3. The summed E-state index contributed by atoms with van der Waals surface area (Å²) in [5.41, 5.74) is 11.0. The van der Waals surface area contributed by atoms with Crippen molar-refractivity contribution in [1.29, 1.82) is 0 Å². The van der Waals surface area contributed by atoms with Crippen LogP contribution in [0.2, 0.25) is 20.1 Å². The first-order chi connectivity index (χ1) is 33.4. The van der Waals surface area contributed by atoms with Crippen molar-refractivity contribution in [3.8, 4) is 0 Å². The highest BCUT2D eigenvalue weighted by Gasteiger charge is 2.40. The third kappa shape index (κ3) is 11.9. The monoisotopic (exact) mass is 1050 g/mol. The smallest absolute Gasteiger partial charge is 0.410 e. The Morgan fingerprint density at radius 3 is 1.60 bits per heavy atom. The summed E-state index contributed by atoms with van der Waals surface area (Å²) in [7, 11) is -0.178. The van der Waals surface area contributed by atoms with Gasteiger partial charge < -0.3 is 29.5 Å². The van der Waals surface area contributed by atoms with Crippen LogP contribution in [0.1, 0.15) is 82.3 Å². The molecule has 2 unspecified atom stereocenters. The molecular weight excluding hydrogens is 998 g/mol. The summed E-state index contributed by atoms with van der Waals surface area (Å²) in [4.78, 5) is 56.9. The Bertz CT molecular complexity index is 2840. The number of nitrogens with zero attached hydrogens (tertiary/aromatic N) is 5. The fraction of sp³-hybridized carbons (Fsp3) is 0.373. The molecule has 0 radical (unpaired) electrons. The number of carbonyl (C=O) groups is 4. The molecule has 70 heavy (non-hydrogen) atoms. The highest BCUT2D eigenvalue weighted by atomic mass is 35.5. The van der Waals surface area contributed by atoms with Gasteiger partial charge in [0.1, 0.15) is 13.2 Å². The second-order valence-corrected chi connectivity index (χ2v) is 21.6. The Morgan fingerprint density at radius 2 is 1.17 bits per heavy atom. The number of fused-ring (bicyclic) bond motifs is 2. The van der Waals surface area contributed by atoms with Gasteiger partial charge in [0.15, 0.2) is 0 Å². The molecular formula is C51H54Cl4N6O8S. The number of hydrogen-bond acceptors (Lipinski definition) is 9. The van der Waals surface area contributed by atoms with Crippen molar-refractivity contribution >= 4 is 91.8 Å². The number of nitrogens with one attached hydrogen (secondary N) is 1. The average molecular weight is 1050 g/mol. The first-order valence-electron chi connectivity index (χ1n) is 23.1. The Labute approximate surface area is 428 Å². The maximum Gasteiger partial charge on any atom is 0.410 e. The van der Waals surface area contributed by atoms with E-state index in [2.05, 4.69) is 47.8 Å². The number of aryl methyl sites for hydroxylation is 2. The summed E-state index contributed by atoms with van der Waals surface area (Å²) >= 11 is 24.1. The van der Waals surface area contributed by atoms with Gasteiger partial charge in [-0.05, 0) is 149 Å². The van der Waals surface area contributed by atoms with Crippen molar-refractivity contribution in [2.24, 2.45) is 0 Å². The summed E-state index contributed by atoms with van der Waals surface area (Å²) in [6, 6.07) is 21.7. The largest absolute Gasteiger partial charge is 0.445 e. The predicted molar refractivity (Wildman–Crippen MR) is 273 cm³/mol. The van der Waals surface area contributed by atoms with E-state index in [9.17, 15) is 27.6 Å². The number of benzene rings is 4. The van der Waals surface area contributed by atoms with Crippen molar-refractivity contribution in [3.05, 3.63) is 150 Å². The quantitative estimate of drug-likeness (QED) is 0.173. The lowest BCUT2D eigenvalue weighted by atomic mass is 9.95. The fourth-order valence-electron chi connectivity index (χ4n) is 9.66. The minimum atomic E-state index is -3.72. The molecule has 5 aliphatic rings. The Balaban J connectivity index is 0.000000200. The fourth-order valence-corrected chi connectivity index (χ4v) is 11.6. The average Bonchev–Trinajstić information content (AvgIpc) is 4.08. The van der Waals surface area contributed by atoms with E-state index >= 15 is 0 Å². The topological polar surface area (TPSA) is 149 Å². The van der Waals surface area contributed by atoms with E-state index in [1.165, 1.54) is 27.8 Å². The zero-order valence-electron chi connectivity index (χ0n) is 39.1. The van der Waals surface area contributed by atoms with Gasteiger partial charge in [-0.15, -0.1) is 0 Å². The molecule has 2 atom stereocenters. The van der Waals surface area contributed by atoms with E-state index in [1.807, 2.05) is 13.1 Å². The van der Waals surface area contributed by atoms with Gasteiger partial charge in [0.2, 0.25) is 10.0 Å². The van der Waals surface area contributed by atoms with Crippen LogP contribution in [0, 0.1) is 0 Å². The Morgan fingerprint density at radius 1 is 0.671 bits per heavy atom. The van der Waals surface area contributed by atoms with Crippen LogP contribution in [-0.4, -0.2) is 116 Å². The van der Waals surface area contributed by atoms with Gasteiger partial charge in [0.05, 0.1) is 31.4 Å². The molecule has 0 saturated carbocycles. The zero-order chi connectivity index (χ0) is 49.9. The van der Waals surface area contributed by atoms with E-state index in [1.54, 1.807) is 58.1 Å². The number of rotatable bonds is 9. The maximum absolute atomic E-state index is 13.0. The number of imide groups is 1. The number of urea groups is 2. The van der Waals surface area contributed by atoms with E-state index in [0.717, 1.165) is 82.9 Å². The summed E-state index contributed by atoms with van der Waals surface area (Å²) in [6.07, 6.45) is 9.49. The highest BCUT2D eigenvalue weighted by molar-refractivity contribution is 7.88. The summed E-state index contributed by atoms with van der Waals surface area (Å²) in [5.74, 6) is 0. The third-order valence-electron chi connectivity index (χ3n) is 13.4. The van der Waals surface area contributed by atoms with Gasteiger partial charge in [-0.1, -0.05) is 82.8 Å². The molecule has 14 nitrogen and oxygen atoms in total. The summed E-state index contributed by atoms with van der Waals surface area (Å²) in [6.45, 7) is 2.81. The Kier molecular flexibility index (Phi) is 16.1. The van der Waals surface area contributed by atoms with E-state index in [4.69, 9.17) is 55.9 Å². The molecule has 370 valence electrons. The normalized spacial score (nSPS) is 18.6. The Hall–Kier alpha value is -5.29. The minimum Gasteiger partial charge on any atom is -0.445 e. The first-order valence-corrected chi connectivity index (χ1v) is 26.4. The molecule has 2 aliphatic carbocycles. The molecule has 3 heterocycles. The van der Waals surface area contributed by atoms with Gasteiger partial charge in [-0.2, -0.15) is 0 Å². The SMILES string of the molecule is CN(C(=O)OCc1cc(Cl)cc(Cl)c1)C1CCc2ccc(C3=CCN(C(=O)N4CCN(S(C)(=O)=O)C4=O)CC3)cc21.CN(C(=O)OCc1cc(Cl)cc(Cl)c1)C1CCc2ccc(C3=CCNCC3)cc21. The van der Waals surface area contributed by atoms with Crippen molar-refractivity contribution < 1.29 is 37.1 Å². The van der Waals surface area contributed by atoms with Crippen LogP contribution < -0.4 is 5.32 Å². The number of sulfonamides is 1. The number of amides is 6. The predicted octanol–water partition coefficient (Wildman–Crippen LogP) is 10.8. The van der Waals surface area contributed by atoms with Crippen LogP contribution >= 0.6 is 46.4 Å². The molecule has 4 aromatic carbocycles. The lowest BCUT2D eigenvalue weighted by Gasteiger charge is -2.30. The van der Waals surface area contributed by atoms with Crippen LogP contribution in [0.4, 0.5) is 19.2 Å². The first kappa shape index (κ1) is 51.1. The number of ether oxygens (including phenoxy) is 2. The molecule has 0 bridgehead atoms. The molecule has 6 amide bonds. The molecule has 19 heteroatoms. The van der Waals surface area contributed by atoms with Gasteiger partial charge in [-0.3, -0.25) is 0 Å². The van der Waals surface area contributed by atoms with Gasteiger partial charge in [-0.25, -0.2) is 36.8 Å². The molecule has 0 spiro atoms. The lowest BCUT2D eigenvalue weighted by Crippen LogP contribution is -2.47. The van der Waals surface area contributed by atoms with E-state index < -0.39 is 28.2 Å². The second-order valence-electron chi connectivity index (χ2n) is 18.0. The van der Waals surface area contributed by atoms with Crippen molar-refractivity contribution in [2.75, 3.05) is 59.6 Å². The van der Waals surface area contributed by atoms with Crippen LogP contribution in [0.15, 0.2) is 84.9 Å². The molecule has 3 aliphatic heterocycles. The van der Waals surface area contributed by atoms with Crippen LogP contribution in [0.5, 0.6) is 0 Å². The number of halogens is 4.